The number of methoxy groups -OCH3 is 2. The van der Waals surface area contributed by atoms with Gasteiger partial charge in [-0.3, -0.25) is 0 Å². The van der Waals surface area contributed by atoms with Crippen molar-refractivity contribution in [3.05, 3.63) is 71.4 Å². The molecule has 1 aliphatic rings. The average molecular weight is 542 g/mol. The predicted molar refractivity (Wildman–Crippen MR) is 140 cm³/mol. The number of rotatable bonds is 9. The Bertz CT molecular complexity index is 1460. The lowest BCUT2D eigenvalue weighted by atomic mass is 9.76. The zero-order chi connectivity index (χ0) is 27.8. The Kier molecular flexibility index (Phi) is 7.26. The third-order valence-corrected chi connectivity index (χ3v) is 7.15. The van der Waals surface area contributed by atoms with E-state index in [0.717, 1.165) is 41.7 Å². The summed E-state index contributed by atoms with van der Waals surface area (Å²) in [5.74, 6) is 0.852. The summed E-state index contributed by atoms with van der Waals surface area (Å²) in [7, 11) is 3.05. The number of fused-ring (bicyclic) bond motifs is 1. The second kappa shape index (κ2) is 10.5. The van der Waals surface area contributed by atoms with E-state index in [1.807, 2.05) is 42.6 Å². The smallest absolute Gasteiger partial charge is 0.416 e. The fourth-order valence-electron chi connectivity index (χ4n) is 5.08. The summed E-state index contributed by atoms with van der Waals surface area (Å²) in [5.41, 5.74) is 2.01. The number of alkyl halides is 3. The van der Waals surface area contributed by atoms with E-state index in [1.165, 1.54) is 7.11 Å². The molecule has 0 atom stereocenters. The van der Waals surface area contributed by atoms with Crippen molar-refractivity contribution in [2.75, 3.05) is 21.0 Å². The third kappa shape index (κ3) is 5.58. The fourth-order valence-corrected chi connectivity index (χ4v) is 5.08. The van der Waals surface area contributed by atoms with Gasteiger partial charge >= 0.3 is 6.18 Å². The van der Waals surface area contributed by atoms with Gasteiger partial charge in [0.1, 0.15) is 11.5 Å². The lowest BCUT2D eigenvalue weighted by Crippen LogP contribution is -2.44. The minimum Gasteiger partial charge on any atom is -0.497 e. The molecule has 0 N–H and O–H groups in total. The van der Waals surface area contributed by atoms with Crippen LogP contribution in [0.5, 0.6) is 11.5 Å². The molecule has 0 bridgehead atoms. The average Bonchev–Trinajstić information content (AvgIpc) is 3.31. The summed E-state index contributed by atoms with van der Waals surface area (Å²) in [6.45, 7) is 4.03. The van der Waals surface area contributed by atoms with Gasteiger partial charge in [0.05, 0.1) is 30.6 Å². The number of hydrogen-bond acceptors (Lipinski definition) is 6. The van der Waals surface area contributed by atoms with Crippen molar-refractivity contribution < 1.29 is 32.1 Å². The maximum absolute atomic E-state index is 13.4. The number of nitrogens with zero attached hydrogens (tertiary/aromatic N) is 3. The number of halogens is 3. The molecule has 0 amide bonds. The molecule has 5 rings (SSSR count). The molecular formula is C29H30F3N3O4. The predicted octanol–water partition coefficient (Wildman–Crippen LogP) is 6.73. The highest BCUT2D eigenvalue weighted by Crippen LogP contribution is 2.46. The van der Waals surface area contributed by atoms with E-state index in [4.69, 9.17) is 18.9 Å². The molecular weight excluding hydrogens is 511 g/mol. The Balaban J connectivity index is 1.34. The summed E-state index contributed by atoms with van der Waals surface area (Å²) in [5, 5.41) is 9.69. The van der Waals surface area contributed by atoms with Gasteiger partial charge in [-0.05, 0) is 74.2 Å². The van der Waals surface area contributed by atoms with E-state index in [9.17, 15) is 13.2 Å². The molecule has 10 heteroatoms. The Morgan fingerprint density at radius 2 is 1.77 bits per heavy atom. The first-order valence-electron chi connectivity index (χ1n) is 12.6. The Labute approximate surface area is 224 Å². The lowest BCUT2D eigenvalue weighted by Gasteiger charge is -2.45. The molecule has 0 saturated heterocycles. The van der Waals surface area contributed by atoms with Crippen LogP contribution in [0.1, 0.15) is 42.5 Å². The van der Waals surface area contributed by atoms with Crippen molar-refractivity contribution in [1.29, 1.82) is 0 Å². The van der Waals surface area contributed by atoms with Crippen molar-refractivity contribution >= 4 is 11.0 Å². The first-order valence-corrected chi connectivity index (χ1v) is 12.6. The van der Waals surface area contributed by atoms with Gasteiger partial charge in [0.25, 0.3) is 0 Å². The van der Waals surface area contributed by atoms with Crippen LogP contribution in [0.15, 0.2) is 54.7 Å². The summed E-state index contributed by atoms with van der Waals surface area (Å²) in [4.78, 5) is 0. The van der Waals surface area contributed by atoms with E-state index < -0.39 is 11.7 Å². The highest BCUT2D eigenvalue weighted by Gasteiger charge is 2.42. The molecule has 1 aliphatic carbocycles. The zero-order valence-electron chi connectivity index (χ0n) is 22.2. The van der Waals surface area contributed by atoms with Crippen molar-refractivity contribution in [3.8, 4) is 22.8 Å². The molecule has 1 saturated carbocycles. The number of ether oxygens (including phenoxy) is 4. The monoisotopic (exact) mass is 541 g/mol. The fraction of sp³-hybridized carbons (Fsp3) is 0.379. The molecule has 4 aromatic rings. The van der Waals surface area contributed by atoms with Crippen molar-refractivity contribution in [2.24, 2.45) is 0 Å². The lowest BCUT2D eigenvalue weighted by molar-refractivity contribution is -0.137. The van der Waals surface area contributed by atoms with Gasteiger partial charge < -0.3 is 23.5 Å². The molecule has 0 radical (unpaired) electrons. The molecule has 2 heterocycles. The second-order valence-corrected chi connectivity index (χ2v) is 10.1. The van der Waals surface area contributed by atoms with Gasteiger partial charge in [0.15, 0.2) is 12.4 Å². The van der Waals surface area contributed by atoms with Crippen LogP contribution in [-0.2, 0) is 22.3 Å². The molecule has 39 heavy (non-hydrogen) atoms. The van der Waals surface area contributed by atoms with E-state index in [1.54, 1.807) is 14.0 Å². The second-order valence-electron chi connectivity index (χ2n) is 10.1. The van der Waals surface area contributed by atoms with Crippen molar-refractivity contribution in [1.82, 2.24) is 14.8 Å². The van der Waals surface area contributed by atoms with Crippen molar-refractivity contribution in [2.45, 2.75) is 51.1 Å². The van der Waals surface area contributed by atoms with E-state index in [-0.39, 0.29) is 24.2 Å². The van der Waals surface area contributed by atoms with Crippen LogP contribution < -0.4 is 9.47 Å². The van der Waals surface area contributed by atoms with Crippen LogP contribution in [0.4, 0.5) is 13.2 Å². The number of aryl methyl sites for hydroxylation is 1. The summed E-state index contributed by atoms with van der Waals surface area (Å²) >= 11 is 0. The maximum Gasteiger partial charge on any atom is 0.416 e. The molecule has 0 unspecified atom stereocenters. The standard InChI is InChI=1S/C29H30F3N3O4/c1-18-11-21(29(30,31)32)13-25(38-17-36-3)26(18)24-12-20-9-10-35(27(20)34-33-24)22-14-28(2,15-22)39-16-19-5-7-23(37-4)8-6-19/h5-13,22H,14-17H2,1-4H3. The topological polar surface area (TPSA) is 67.6 Å². The Hall–Kier alpha value is -3.63. The van der Waals surface area contributed by atoms with Crippen LogP contribution in [0.25, 0.3) is 22.3 Å². The third-order valence-electron chi connectivity index (χ3n) is 7.15. The number of benzene rings is 2. The van der Waals surface area contributed by atoms with Gasteiger partial charge in [-0.1, -0.05) is 12.1 Å². The quantitative estimate of drug-likeness (QED) is 0.219. The van der Waals surface area contributed by atoms with Crippen LogP contribution in [0.3, 0.4) is 0 Å². The molecule has 2 aromatic carbocycles. The molecule has 206 valence electrons. The summed E-state index contributed by atoms with van der Waals surface area (Å²) in [6.07, 6.45) is -0.886. The van der Waals surface area contributed by atoms with Crippen LogP contribution >= 0.6 is 0 Å². The Morgan fingerprint density at radius 1 is 1.03 bits per heavy atom. The number of hydrogen-bond donors (Lipinski definition) is 0. The van der Waals surface area contributed by atoms with Gasteiger partial charge in [-0.25, -0.2) is 0 Å². The summed E-state index contributed by atoms with van der Waals surface area (Å²) < 4.78 is 64.2. The number of aromatic nitrogens is 3. The van der Waals surface area contributed by atoms with Gasteiger partial charge in [0, 0.05) is 30.3 Å². The van der Waals surface area contributed by atoms with Gasteiger partial charge in [0.2, 0.25) is 0 Å². The van der Waals surface area contributed by atoms with E-state index in [0.29, 0.717) is 29.1 Å². The molecule has 1 fully saturated rings. The molecule has 0 spiro atoms. The van der Waals surface area contributed by atoms with Crippen molar-refractivity contribution in [3.63, 3.8) is 0 Å². The normalized spacial score (nSPS) is 19.2. The minimum atomic E-state index is -4.50. The van der Waals surface area contributed by atoms with E-state index in [2.05, 4.69) is 21.7 Å². The van der Waals surface area contributed by atoms with Gasteiger partial charge in [-0.2, -0.15) is 13.2 Å². The largest absolute Gasteiger partial charge is 0.497 e. The first-order chi connectivity index (χ1) is 18.6. The molecule has 7 nitrogen and oxygen atoms in total. The first kappa shape index (κ1) is 27.0. The molecule has 2 aromatic heterocycles. The minimum absolute atomic E-state index is 0.0426. The van der Waals surface area contributed by atoms with Crippen LogP contribution in [0, 0.1) is 6.92 Å². The van der Waals surface area contributed by atoms with Gasteiger partial charge in [-0.15, -0.1) is 10.2 Å². The van der Waals surface area contributed by atoms with Crippen LogP contribution in [0.2, 0.25) is 0 Å². The van der Waals surface area contributed by atoms with E-state index >= 15 is 0 Å². The molecule has 0 aliphatic heterocycles. The highest BCUT2D eigenvalue weighted by molar-refractivity contribution is 5.82. The maximum atomic E-state index is 13.4. The Morgan fingerprint density at radius 3 is 2.44 bits per heavy atom. The highest BCUT2D eigenvalue weighted by atomic mass is 19.4. The van der Waals surface area contributed by atoms with Crippen LogP contribution in [-0.4, -0.2) is 41.4 Å². The summed E-state index contributed by atoms with van der Waals surface area (Å²) in [6, 6.07) is 13.9. The SMILES string of the molecule is COCOc1cc(C(F)(F)F)cc(C)c1-c1cc2ccn(C3CC(C)(OCc4ccc(OC)cc4)C3)c2nn1. The zero-order valence-corrected chi connectivity index (χ0v) is 22.2.